The van der Waals surface area contributed by atoms with E-state index >= 15 is 0 Å². The van der Waals surface area contributed by atoms with Gasteiger partial charge in [0, 0.05) is 86.3 Å². The summed E-state index contributed by atoms with van der Waals surface area (Å²) in [6.45, 7) is 15.3. The predicted octanol–water partition coefficient (Wildman–Crippen LogP) is 19.7. The third-order valence-corrected chi connectivity index (χ3v) is 20.0. The van der Waals surface area contributed by atoms with Crippen LogP contribution in [0.2, 0.25) is 25.1 Å². The Morgan fingerprint density at radius 1 is 0.517 bits per heavy atom. The number of hydrogen-bond donors (Lipinski definition) is 8. The first-order valence-electron chi connectivity index (χ1n) is 34.4. The summed E-state index contributed by atoms with van der Waals surface area (Å²) in [5, 5.41) is 33.1. The van der Waals surface area contributed by atoms with Gasteiger partial charge in [-0.15, -0.1) is 0 Å². The number of phenols is 2. The lowest BCUT2D eigenvalue weighted by Gasteiger charge is -2.38. The number of fused-ring (bicyclic) bond motifs is 11. The molecular formula is C84H68Cl5NO22S4. The fourth-order valence-electron chi connectivity index (χ4n) is 12.0. The second kappa shape index (κ2) is 36.1. The zero-order valence-electron chi connectivity index (χ0n) is 62.5. The van der Waals surface area contributed by atoms with Crippen molar-refractivity contribution < 1.29 is 80.6 Å². The molecule has 15 rings (SSSR count). The van der Waals surface area contributed by atoms with Crippen LogP contribution in [0.25, 0.3) is 66.3 Å². The van der Waals surface area contributed by atoms with Crippen LogP contribution in [-0.4, -0.2) is 59.2 Å². The molecule has 11 aromatic rings. The van der Waals surface area contributed by atoms with Gasteiger partial charge < -0.3 is 61.4 Å². The lowest BCUT2D eigenvalue weighted by molar-refractivity contribution is -0.137. The average molecular weight is 1750 g/mol. The van der Waals surface area contributed by atoms with Crippen LogP contribution in [0.4, 0.5) is 0 Å². The summed E-state index contributed by atoms with van der Waals surface area (Å²) in [7, 11) is 0. The number of benzene rings is 9. The Morgan fingerprint density at radius 3 is 1.66 bits per heavy atom. The van der Waals surface area contributed by atoms with Crippen LogP contribution >= 0.6 is 109 Å². The number of aryl methyl sites for hydroxylation is 3. The molecule has 23 nitrogen and oxygen atoms in total. The monoisotopic (exact) mass is 1750 g/mol. The van der Waals surface area contributed by atoms with Gasteiger partial charge in [-0.25, -0.2) is 14.4 Å². The van der Waals surface area contributed by atoms with Crippen LogP contribution in [0.1, 0.15) is 86.1 Å². The number of hydrogen-bond acceptors (Lipinski definition) is 27. The molecule has 8 aromatic carbocycles. The zero-order chi connectivity index (χ0) is 85.0. The number of nitroso groups, excluding NO2 is 1. The number of carbonyl (C=O) groups excluding carboxylic acids is 4. The Bertz CT molecular complexity index is 6280. The van der Waals surface area contributed by atoms with Crippen molar-refractivity contribution in [3.05, 3.63) is 280 Å². The van der Waals surface area contributed by atoms with Gasteiger partial charge in [-0.2, -0.15) is 55.4 Å². The number of ether oxygens (including phenoxy) is 6. The van der Waals surface area contributed by atoms with Crippen molar-refractivity contribution in [2.75, 3.05) is 5.75 Å². The second-order valence-corrected chi connectivity index (χ2v) is 33.0. The molecule has 0 fully saturated rings. The van der Waals surface area contributed by atoms with E-state index in [0.717, 1.165) is 49.7 Å². The summed E-state index contributed by atoms with van der Waals surface area (Å²) in [4.78, 5) is 100. The molecule has 600 valence electrons. The second-order valence-electron chi connectivity index (χ2n) is 27.4. The van der Waals surface area contributed by atoms with Crippen LogP contribution < -0.4 is 46.0 Å². The van der Waals surface area contributed by atoms with Gasteiger partial charge >= 0.3 is 40.8 Å². The van der Waals surface area contributed by atoms with E-state index in [2.05, 4.69) is 56.1 Å². The summed E-state index contributed by atoms with van der Waals surface area (Å²) in [5.41, 5.74) is 11.6. The van der Waals surface area contributed by atoms with Crippen molar-refractivity contribution in [1.82, 2.24) is 0 Å². The number of thiol groups is 4. The Hall–Kier alpha value is -10.3. The number of rotatable bonds is 10. The topological polar surface area (TPSA) is 346 Å². The third-order valence-electron chi connectivity index (χ3n) is 17.6. The van der Waals surface area contributed by atoms with Gasteiger partial charge in [0.05, 0.1) is 29.0 Å². The summed E-state index contributed by atoms with van der Waals surface area (Å²) >= 11 is 48.1. The fourth-order valence-corrected chi connectivity index (χ4v) is 13.5. The highest BCUT2D eigenvalue weighted by Gasteiger charge is 2.51. The lowest BCUT2D eigenvalue weighted by Crippen LogP contribution is -2.33. The fraction of sp³-hybridized carbons (Fsp3) is 0.190. The predicted molar refractivity (Wildman–Crippen MR) is 456 cm³/mol. The van der Waals surface area contributed by atoms with Crippen LogP contribution in [-0.2, 0) is 42.7 Å². The molecule has 3 aromatic heterocycles. The number of aromatic hydroxyl groups is 2. The first kappa shape index (κ1) is 88.1. The molecule has 1 atom stereocenters. The van der Waals surface area contributed by atoms with Gasteiger partial charge in [-0.1, -0.05) is 112 Å². The standard InChI is InChI=1S/C24H18Cl2O5S.C20H12Cl2O4.C14H13ClO4S.C14H14O4S.C12H10O4S.HNO/c1-23(2,32)22(28)31-21-17(25)10-16-20(19(21)26)30-18-9-13(27)7-8-15(18)24(16)14-6-4-3-5-12(14)11-29-24;21-15-8-14-17(12-4-2-1-3-10(12)9-23)13-6-5-11(24)7-16(13)26-20(14)18(22)19(15)25;1-7-6-10(16)19-12-8(7)4-5-9(11(12)15)18-13(17)14(2,3)20;1-8-6-12(15)18-11-7-9(4-5-10(8)11)17-13(16)14(2,3)19;1-7-4-11(13)16-10-5-8(2-3-9(7)10)15-12(14)6-17;1-2/h3-10,27,32H,11H2,1-2H3;1-8,23,25H,9H2;4-6,20H,1-3H3;4-7,19H,1-3H3;2-5,17H,6H2,1H3;1H. The Kier molecular flexibility index (Phi) is 27.4. The molecule has 1 unspecified atom stereocenters. The van der Waals surface area contributed by atoms with Gasteiger partial charge in [-0.05, 0) is 174 Å². The molecule has 0 bridgehead atoms. The molecule has 116 heavy (non-hydrogen) atoms. The van der Waals surface area contributed by atoms with E-state index < -0.39 is 60.6 Å². The maximum Gasteiger partial charge on any atom is 0.336 e. The number of phenolic OH excluding ortho intramolecular Hbond substituents is 2. The summed E-state index contributed by atoms with van der Waals surface area (Å²) in [5.74, 6) is -0.614. The molecule has 0 amide bonds. The first-order valence-corrected chi connectivity index (χ1v) is 38.3. The molecule has 6 heterocycles. The van der Waals surface area contributed by atoms with Gasteiger partial charge in [0.1, 0.15) is 69.2 Å². The lowest BCUT2D eigenvalue weighted by atomic mass is 9.77. The molecule has 0 saturated carbocycles. The van der Waals surface area contributed by atoms with Crippen molar-refractivity contribution in [2.24, 2.45) is 0 Å². The Labute approximate surface area is 706 Å². The van der Waals surface area contributed by atoms with Gasteiger partial charge in [-0.3, -0.25) is 24.0 Å². The summed E-state index contributed by atoms with van der Waals surface area (Å²) < 4.78 is 51.5. The number of aliphatic hydroxyl groups excluding tert-OH is 1. The number of aliphatic hydroxyl groups is 1. The number of esters is 4. The molecule has 4 aliphatic rings. The Balaban J connectivity index is 0.000000155. The highest BCUT2D eigenvalue weighted by Crippen LogP contribution is 2.61. The minimum absolute atomic E-state index is 0.00416. The first-order chi connectivity index (χ1) is 54.7. The average Bonchev–Trinajstić information content (AvgIpc) is 1.45. The van der Waals surface area contributed by atoms with E-state index in [1.165, 1.54) is 48.5 Å². The molecule has 0 radical (unpaired) electrons. The quantitative estimate of drug-likeness (QED) is 0.0157. The minimum atomic E-state index is -1.06. The zero-order valence-corrected chi connectivity index (χ0v) is 69.8. The summed E-state index contributed by atoms with van der Waals surface area (Å²) in [6.07, 6.45) is 0. The number of nitrogens with one attached hydrogen (secondary N) is 1. The molecule has 4 N–H and O–H groups in total. The van der Waals surface area contributed by atoms with E-state index in [0.29, 0.717) is 73.8 Å². The summed E-state index contributed by atoms with van der Waals surface area (Å²) in [6, 6.07) is 45.0. The van der Waals surface area contributed by atoms with E-state index in [4.69, 9.17) is 109 Å². The van der Waals surface area contributed by atoms with Crippen molar-refractivity contribution >= 4 is 176 Å². The minimum Gasteiger partial charge on any atom is -0.508 e. The van der Waals surface area contributed by atoms with Gasteiger partial charge in [0.15, 0.2) is 45.2 Å². The maximum atomic E-state index is 12.4. The number of carbonyl (C=O) groups is 4. The van der Waals surface area contributed by atoms with Crippen LogP contribution in [0.5, 0.6) is 46.0 Å². The SMILES string of the molecule is CC(C)(S)C(=O)Oc1c(Cl)cc2c(c1Cl)Oc1cc(O)ccc1C21OCc2ccccc21.Cc1cc(=O)oc2c(Cl)c(OC(=O)C(C)(C)S)ccc12.Cc1cc(=O)oc2cc(OC(=O)C(C)(C)S)ccc12.Cc1cc(=O)oc2cc(OC(=O)CS)ccc12.N=O.O=c1ccc2c(-c3ccccc3CO)c3cc(Cl)c(O)c(Cl)c3oc-2c1. The van der Waals surface area contributed by atoms with Crippen LogP contribution in [0.15, 0.2) is 201 Å². The van der Waals surface area contributed by atoms with Crippen molar-refractivity contribution in [1.29, 1.82) is 5.59 Å². The maximum absolute atomic E-state index is 12.4. The molecule has 1 aliphatic carbocycles. The molecule has 0 saturated heterocycles. The van der Waals surface area contributed by atoms with E-state index in [1.807, 2.05) is 62.4 Å². The molecule has 1 spiro atoms. The van der Waals surface area contributed by atoms with Crippen molar-refractivity contribution in [3.8, 4) is 68.4 Å². The normalized spacial score (nSPS) is 13.1. The largest absolute Gasteiger partial charge is 0.508 e. The number of halogens is 5. The van der Waals surface area contributed by atoms with Crippen LogP contribution in [0.3, 0.4) is 0 Å². The Morgan fingerprint density at radius 2 is 1.06 bits per heavy atom. The van der Waals surface area contributed by atoms with E-state index in [9.17, 15) is 53.7 Å². The van der Waals surface area contributed by atoms with Crippen molar-refractivity contribution in [2.45, 2.75) is 95.4 Å². The molecule has 3 aliphatic heterocycles. The molecular weight excluding hydrogens is 1680 g/mol. The van der Waals surface area contributed by atoms with E-state index in [-0.39, 0.29) is 82.8 Å². The van der Waals surface area contributed by atoms with E-state index in [1.54, 1.807) is 115 Å². The van der Waals surface area contributed by atoms with Gasteiger partial charge in [0.2, 0.25) is 0 Å². The third kappa shape index (κ3) is 19.2. The van der Waals surface area contributed by atoms with Gasteiger partial charge in [0.25, 0.3) is 0 Å². The molecule has 32 heteroatoms. The van der Waals surface area contributed by atoms with Crippen molar-refractivity contribution in [3.63, 3.8) is 0 Å². The highest BCUT2D eigenvalue weighted by molar-refractivity contribution is 7.83. The van der Waals surface area contributed by atoms with Crippen LogP contribution in [0, 0.1) is 31.3 Å². The highest BCUT2D eigenvalue weighted by atomic mass is 35.5. The smallest absolute Gasteiger partial charge is 0.336 e.